The summed E-state index contributed by atoms with van der Waals surface area (Å²) in [5, 5.41) is 0. The smallest absolute Gasteiger partial charge is 0.242 e. The van der Waals surface area contributed by atoms with Gasteiger partial charge in [0.1, 0.15) is 0 Å². The van der Waals surface area contributed by atoms with Crippen molar-refractivity contribution in [2.75, 3.05) is 6.54 Å². The van der Waals surface area contributed by atoms with Crippen LogP contribution in [0.2, 0.25) is 0 Å². The zero-order valence-electron chi connectivity index (χ0n) is 10.4. The molecule has 1 heterocycles. The molecular formula is C13H24N2O. The molecule has 2 rings (SSSR count). The minimum atomic E-state index is -0.532. The van der Waals surface area contributed by atoms with Gasteiger partial charge in [-0.2, -0.15) is 0 Å². The molecule has 1 aliphatic carbocycles. The molecule has 1 atom stereocenters. The van der Waals surface area contributed by atoms with Crippen molar-refractivity contribution >= 4 is 5.91 Å². The van der Waals surface area contributed by atoms with Gasteiger partial charge in [-0.05, 0) is 32.1 Å². The molecule has 1 saturated carbocycles. The minimum absolute atomic E-state index is 0.233. The minimum Gasteiger partial charge on any atom is -0.338 e. The van der Waals surface area contributed by atoms with E-state index in [-0.39, 0.29) is 5.91 Å². The van der Waals surface area contributed by atoms with E-state index in [9.17, 15) is 4.79 Å². The Morgan fingerprint density at radius 3 is 2.62 bits per heavy atom. The van der Waals surface area contributed by atoms with Gasteiger partial charge < -0.3 is 10.6 Å². The topological polar surface area (TPSA) is 46.3 Å². The van der Waals surface area contributed by atoms with E-state index in [1.807, 2.05) is 0 Å². The highest BCUT2D eigenvalue weighted by Crippen LogP contribution is 2.31. The summed E-state index contributed by atoms with van der Waals surface area (Å²) in [5.41, 5.74) is 5.78. The summed E-state index contributed by atoms with van der Waals surface area (Å²) >= 11 is 0. The van der Waals surface area contributed by atoms with E-state index < -0.39 is 5.54 Å². The maximum atomic E-state index is 12.5. The van der Waals surface area contributed by atoms with Crippen LogP contribution in [0.3, 0.4) is 0 Å². The van der Waals surface area contributed by atoms with E-state index in [4.69, 9.17) is 5.73 Å². The molecule has 0 spiro atoms. The Morgan fingerprint density at radius 2 is 2.00 bits per heavy atom. The molecule has 0 aromatic carbocycles. The molecule has 1 amide bonds. The van der Waals surface area contributed by atoms with E-state index in [0.717, 1.165) is 45.1 Å². The van der Waals surface area contributed by atoms with Crippen LogP contribution in [0.4, 0.5) is 0 Å². The molecular weight excluding hydrogens is 200 g/mol. The zero-order valence-corrected chi connectivity index (χ0v) is 10.4. The molecule has 2 aliphatic rings. The van der Waals surface area contributed by atoms with Gasteiger partial charge in [0.05, 0.1) is 5.54 Å². The van der Waals surface area contributed by atoms with Crippen LogP contribution in [-0.2, 0) is 4.79 Å². The molecule has 2 fully saturated rings. The number of nitrogens with two attached hydrogens (primary N) is 1. The summed E-state index contributed by atoms with van der Waals surface area (Å²) in [7, 11) is 0. The number of hydrogen-bond donors (Lipinski definition) is 1. The first-order valence-corrected chi connectivity index (χ1v) is 6.77. The van der Waals surface area contributed by atoms with Crippen molar-refractivity contribution in [2.24, 2.45) is 5.73 Å². The molecule has 1 unspecified atom stereocenters. The van der Waals surface area contributed by atoms with Crippen molar-refractivity contribution in [3.63, 3.8) is 0 Å². The molecule has 0 radical (unpaired) electrons. The molecule has 1 aliphatic heterocycles. The molecule has 0 aromatic heterocycles. The Labute approximate surface area is 98.4 Å². The van der Waals surface area contributed by atoms with Crippen LogP contribution in [-0.4, -0.2) is 28.9 Å². The van der Waals surface area contributed by atoms with Gasteiger partial charge >= 0.3 is 0 Å². The lowest BCUT2D eigenvalue weighted by molar-refractivity contribution is -0.139. The highest BCUT2D eigenvalue weighted by atomic mass is 16.2. The van der Waals surface area contributed by atoms with Crippen molar-refractivity contribution in [1.82, 2.24) is 4.90 Å². The Balaban J connectivity index is 2.05. The van der Waals surface area contributed by atoms with Gasteiger partial charge in [-0.15, -0.1) is 0 Å². The first-order valence-electron chi connectivity index (χ1n) is 6.77. The maximum Gasteiger partial charge on any atom is 0.242 e. The number of nitrogens with zero attached hydrogens (tertiary/aromatic N) is 1. The molecule has 3 heteroatoms. The van der Waals surface area contributed by atoms with Gasteiger partial charge in [-0.25, -0.2) is 0 Å². The molecule has 1 saturated heterocycles. The third-order valence-corrected chi connectivity index (χ3v) is 4.28. The van der Waals surface area contributed by atoms with Crippen LogP contribution in [0.5, 0.6) is 0 Å². The second kappa shape index (κ2) is 4.74. The first-order chi connectivity index (χ1) is 7.67. The van der Waals surface area contributed by atoms with Gasteiger partial charge in [0.15, 0.2) is 0 Å². The standard InChI is InChI=1S/C13H24N2O/c1-2-11-7-6-10-15(11)12(16)13(14)8-4-3-5-9-13/h11H,2-10,14H2,1H3. The van der Waals surface area contributed by atoms with Gasteiger partial charge in [-0.3, -0.25) is 4.79 Å². The Bertz CT molecular complexity index is 259. The lowest BCUT2D eigenvalue weighted by Crippen LogP contribution is -2.57. The van der Waals surface area contributed by atoms with Crippen molar-refractivity contribution < 1.29 is 4.79 Å². The lowest BCUT2D eigenvalue weighted by atomic mass is 9.81. The summed E-state index contributed by atoms with van der Waals surface area (Å²) in [6.45, 7) is 3.09. The fourth-order valence-corrected chi connectivity index (χ4v) is 3.21. The number of carbonyl (C=O) groups excluding carboxylic acids is 1. The first kappa shape index (κ1) is 11.9. The summed E-state index contributed by atoms with van der Waals surface area (Å²) in [5.74, 6) is 0.233. The molecule has 92 valence electrons. The number of amides is 1. The SMILES string of the molecule is CCC1CCCN1C(=O)C1(N)CCCCC1. The highest BCUT2D eigenvalue weighted by Gasteiger charge is 2.41. The predicted molar refractivity (Wildman–Crippen MR) is 65.0 cm³/mol. The second-order valence-electron chi connectivity index (χ2n) is 5.42. The number of rotatable bonds is 2. The van der Waals surface area contributed by atoms with Crippen LogP contribution >= 0.6 is 0 Å². The van der Waals surface area contributed by atoms with Gasteiger partial charge in [-0.1, -0.05) is 26.2 Å². The second-order valence-corrected chi connectivity index (χ2v) is 5.42. The third-order valence-electron chi connectivity index (χ3n) is 4.28. The van der Waals surface area contributed by atoms with E-state index in [2.05, 4.69) is 11.8 Å². The Hall–Kier alpha value is -0.570. The zero-order chi connectivity index (χ0) is 11.6. The van der Waals surface area contributed by atoms with E-state index in [1.54, 1.807) is 0 Å². The van der Waals surface area contributed by atoms with Gasteiger partial charge in [0.25, 0.3) is 0 Å². The molecule has 2 N–H and O–H groups in total. The fraction of sp³-hybridized carbons (Fsp3) is 0.923. The number of carbonyl (C=O) groups is 1. The quantitative estimate of drug-likeness (QED) is 0.780. The maximum absolute atomic E-state index is 12.5. The van der Waals surface area contributed by atoms with Crippen LogP contribution in [0, 0.1) is 0 Å². The fourth-order valence-electron chi connectivity index (χ4n) is 3.21. The van der Waals surface area contributed by atoms with Gasteiger partial charge in [0, 0.05) is 12.6 Å². The number of hydrogen-bond acceptors (Lipinski definition) is 2. The Morgan fingerprint density at radius 1 is 1.31 bits per heavy atom. The van der Waals surface area contributed by atoms with E-state index in [0.29, 0.717) is 6.04 Å². The molecule has 3 nitrogen and oxygen atoms in total. The largest absolute Gasteiger partial charge is 0.338 e. The third kappa shape index (κ3) is 2.10. The van der Waals surface area contributed by atoms with Gasteiger partial charge in [0.2, 0.25) is 5.91 Å². The van der Waals surface area contributed by atoms with Crippen LogP contribution in [0.15, 0.2) is 0 Å². The monoisotopic (exact) mass is 224 g/mol. The average molecular weight is 224 g/mol. The summed E-state index contributed by atoms with van der Waals surface area (Å²) < 4.78 is 0. The average Bonchev–Trinajstić information content (AvgIpc) is 2.77. The summed E-state index contributed by atoms with van der Waals surface area (Å²) in [4.78, 5) is 14.6. The molecule has 16 heavy (non-hydrogen) atoms. The highest BCUT2D eigenvalue weighted by molar-refractivity contribution is 5.86. The van der Waals surface area contributed by atoms with Crippen LogP contribution in [0.1, 0.15) is 58.3 Å². The lowest BCUT2D eigenvalue weighted by Gasteiger charge is -2.37. The summed E-state index contributed by atoms with van der Waals surface area (Å²) in [6, 6.07) is 0.454. The normalized spacial score (nSPS) is 29.4. The number of likely N-dealkylation sites (tertiary alicyclic amines) is 1. The van der Waals surface area contributed by atoms with Crippen molar-refractivity contribution in [3.8, 4) is 0 Å². The van der Waals surface area contributed by atoms with E-state index in [1.165, 1.54) is 12.8 Å². The Kier molecular flexibility index (Phi) is 3.53. The van der Waals surface area contributed by atoms with Crippen LogP contribution < -0.4 is 5.73 Å². The summed E-state index contributed by atoms with van der Waals surface area (Å²) in [6.07, 6.45) is 8.64. The van der Waals surface area contributed by atoms with Crippen molar-refractivity contribution in [1.29, 1.82) is 0 Å². The van der Waals surface area contributed by atoms with E-state index >= 15 is 0 Å². The van der Waals surface area contributed by atoms with Crippen LogP contribution in [0.25, 0.3) is 0 Å². The van der Waals surface area contributed by atoms with Crippen molar-refractivity contribution in [3.05, 3.63) is 0 Å². The molecule has 0 aromatic rings. The predicted octanol–water partition coefficient (Wildman–Crippen LogP) is 2.05. The molecule has 0 bridgehead atoms. The van der Waals surface area contributed by atoms with Crippen molar-refractivity contribution in [2.45, 2.75) is 69.9 Å².